The number of piperidine rings is 1. The van der Waals surface area contributed by atoms with E-state index in [1.165, 1.54) is 0 Å². The van der Waals surface area contributed by atoms with Gasteiger partial charge in [-0.2, -0.15) is 5.10 Å². The molecule has 0 spiro atoms. The van der Waals surface area contributed by atoms with E-state index in [-0.39, 0.29) is 6.04 Å². The molecular formula is C13H21N3O2. The van der Waals surface area contributed by atoms with Gasteiger partial charge in [0.15, 0.2) is 0 Å². The molecule has 100 valence electrons. The predicted octanol–water partition coefficient (Wildman–Crippen LogP) is 1.46. The number of aliphatic carboxylic acids is 1. The molecular weight excluding hydrogens is 230 g/mol. The van der Waals surface area contributed by atoms with E-state index in [1.807, 2.05) is 23.9 Å². The van der Waals surface area contributed by atoms with Crippen LogP contribution in [0.15, 0.2) is 18.5 Å². The molecule has 1 aromatic heterocycles. The molecule has 0 unspecified atom stereocenters. The minimum Gasteiger partial charge on any atom is -0.480 e. The molecule has 1 aromatic rings. The van der Waals surface area contributed by atoms with Gasteiger partial charge in [0.1, 0.15) is 6.04 Å². The fraction of sp³-hybridized carbons (Fsp3) is 0.692. The van der Waals surface area contributed by atoms with Crippen LogP contribution in [0.5, 0.6) is 0 Å². The molecule has 0 bridgehead atoms. The Morgan fingerprint density at radius 3 is 2.72 bits per heavy atom. The van der Waals surface area contributed by atoms with Crippen molar-refractivity contribution in [2.24, 2.45) is 5.92 Å². The molecule has 0 saturated carbocycles. The number of likely N-dealkylation sites (tertiary alicyclic amines) is 1. The molecule has 1 aliphatic heterocycles. The van der Waals surface area contributed by atoms with Gasteiger partial charge in [0.2, 0.25) is 0 Å². The van der Waals surface area contributed by atoms with Crippen LogP contribution in [0.3, 0.4) is 0 Å². The quantitative estimate of drug-likeness (QED) is 0.860. The van der Waals surface area contributed by atoms with Crippen molar-refractivity contribution in [2.75, 3.05) is 13.1 Å². The first-order valence-electron chi connectivity index (χ1n) is 6.65. The van der Waals surface area contributed by atoms with E-state index in [1.54, 1.807) is 6.20 Å². The van der Waals surface area contributed by atoms with Crippen molar-refractivity contribution in [1.29, 1.82) is 0 Å². The molecule has 0 amide bonds. The highest BCUT2D eigenvalue weighted by Gasteiger charge is 2.28. The zero-order valence-electron chi connectivity index (χ0n) is 10.8. The van der Waals surface area contributed by atoms with Crippen LogP contribution in [-0.2, 0) is 11.3 Å². The first-order valence-corrected chi connectivity index (χ1v) is 6.65. The SMILES string of the molecule is CC[C@H](C(=O)O)N1CCC(Cn2cccn2)CC1. The van der Waals surface area contributed by atoms with Crippen LogP contribution in [0, 0.1) is 5.92 Å². The van der Waals surface area contributed by atoms with Crippen molar-refractivity contribution in [2.45, 2.75) is 38.8 Å². The van der Waals surface area contributed by atoms with Crippen LogP contribution in [0.2, 0.25) is 0 Å². The molecule has 0 radical (unpaired) electrons. The Morgan fingerprint density at radius 1 is 1.50 bits per heavy atom. The lowest BCUT2D eigenvalue weighted by Crippen LogP contribution is -2.45. The first-order chi connectivity index (χ1) is 8.70. The van der Waals surface area contributed by atoms with Crippen molar-refractivity contribution >= 4 is 5.97 Å². The lowest BCUT2D eigenvalue weighted by Gasteiger charge is -2.35. The highest BCUT2D eigenvalue weighted by molar-refractivity contribution is 5.73. The Kier molecular flexibility index (Phi) is 4.36. The summed E-state index contributed by atoms with van der Waals surface area (Å²) in [5, 5.41) is 13.4. The molecule has 18 heavy (non-hydrogen) atoms. The van der Waals surface area contributed by atoms with Crippen LogP contribution >= 0.6 is 0 Å². The number of hydrogen-bond donors (Lipinski definition) is 1. The van der Waals surface area contributed by atoms with Gasteiger partial charge in [-0.1, -0.05) is 6.92 Å². The summed E-state index contributed by atoms with van der Waals surface area (Å²) in [4.78, 5) is 13.2. The summed E-state index contributed by atoms with van der Waals surface area (Å²) in [7, 11) is 0. The molecule has 5 nitrogen and oxygen atoms in total. The second-order valence-electron chi connectivity index (χ2n) is 4.97. The summed E-state index contributed by atoms with van der Waals surface area (Å²) < 4.78 is 1.97. The van der Waals surface area contributed by atoms with Crippen LogP contribution in [0.25, 0.3) is 0 Å². The number of carbonyl (C=O) groups is 1. The summed E-state index contributed by atoms with van der Waals surface area (Å²) in [6.07, 6.45) is 6.58. The highest BCUT2D eigenvalue weighted by atomic mass is 16.4. The molecule has 1 N–H and O–H groups in total. The Bertz CT molecular complexity index is 370. The van der Waals surface area contributed by atoms with Gasteiger partial charge < -0.3 is 5.11 Å². The van der Waals surface area contributed by atoms with E-state index in [2.05, 4.69) is 10.00 Å². The molecule has 0 aromatic carbocycles. The maximum Gasteiger partial charge on any atom is 0.320 e. The lowest BCUT2D eigenvalue weighted by atomic mass is 9.95. The molecule has 2 rings (SSSR count). The Morgan fingerprint density at radius 2 is 2.22 bits per heavy atom. The van der Waals surface area contributed by atoms with Crippen LogP contribution in [0.1, 0.15) is 26.2 Å². The van der Waals surface area contributed by atoms with E-state index >= 15 is 0 Å². The van der Waals surface area contributed by atoms with Gasteiger partial charge in [0.05, 0.1) is 0 Å². The number of nitrogens with zero attached hydrogens (tertiary/aromatic N) is 3. The van der Waals surface area contributed by atoms with Gasteiger partial charge in [-0.05, 0) is 44.3 Å². The van der Waals surface area contributed by atoms with E-state index in [0.717, 1.165) is 32.5 Å². The molecule has 1 aliphatic rings. The van der Waals surface area contributed by atoms with Crippen molar-refractivity contribution in [1.82, 2.24) is 14.7 Å². The molecule has 5 heteroatoms. The number of rotatable bonds is 5. The average Bonchev–Trinajstić information content (AvgIpc) is 2.84. The minimum atomic E-state index is -0.692. The monoisotopic (exact) mass is 251 g/mol. The van der Waals surface area contributed by atoms with E-state index in [4.69, 9.17) is 5.11 Å². The number of hydrogen-bond acceptors (Lipinski definition) is 3. The second-order valence-corrected chi connectivity index (χ2v) is 4.97. The van der Waals surface area contributed by atoms with Gasteiger partial charge >= 0.3 is 5.97 Å². The van der Waals surface area contributed by atoms with Gasteiger partial charge in [-0.25, -0.2) is 0 Å². The van der Waals surface area contributed by atoms with Gasteiger partial charge in [-0.3, -0.25) is 14.4 Å². The van der Waals surface area contributed by atoms with Crippen molar-refractivity contribution < 1.29 is 9.90 Å². The Labute approximate surface area is 107 Å². The number of carboxylic acids is 1. The fourth-order valence-electron chi connectivity index (χ4n) is 2.71. The van der Waals surface area contributed by atoms with Crippen molar-refractivity contribution in [3.05, 3.63) is 18.5 Å². The second kappa shape index (κ2) is 6.00. The third-order valence-electron chi connectivity index (χ3n) is 3.77. The van der Waals surface area contributed by atoms with Gasteiger partial charge in [-0.15, -0.1) is 0 Å². The Hall–Kier alpha value is -1.36. The van der Waals surface area contributed by atoms with Crippen molar-refractivity contribution in [3.8, 4) is 0 Å². The summed E-state index contributed by atoms with van der Waals surface area (Å²) in [6, 6.07) is 1.63. The van der Waals surface area contributed by atoms with Crippen LogP contribution in [-0.4, -0.2) is 44.9 Å². The van der Waals surface area contributed by atoms with Crippen molar-refractivity contribution in [3.63, 3.8) is 0 Å². The average molecular weight is 251 g/mol. The van der Waals surface area contributed by atoms with Crippen LogP contribution < -0.4 is 0 Å². The fourth-order valence-corrected chi connectivity index (χ4v) is 2.71. The maximum atomic E-state index is 11.1. The molecule has 2 heterocycles. The van der Waals surface area contributed by atoms with E-state index in [9.17, 15) is 4.79 Å². The maximum absolute atomic E-state index is 11.1. The normalized spacial score (nSPS) is 19.8. The number of carboxylic acid groups (broad SMARTS) is 1. The minimum absolute atomic E-state index is 0.310. The smallest absolute Gasteiger partial charge is 0.320 e. The summed E-state index contributed by atoms with van der Waals surface area (Å²) in [5.74, 6) is -0.0736. The molecule has 1 fully saturated rings. The summed E-state index contributed by atoms with van der Waals surface area (Å²) in [5.41, 5.74) is 0. The Balaban J connectivity index is 1.82. The third kappa shape index (κ3) is 3.10. The van der Waals surface area contributed by atoms with Gasteiger partial charge in [0.25, 0.3) is 0 Å². The lowest BCUT2D eigenvalue weighted by molar-refractivity contribution is -0.144. The summed E-state index contributed by atoms with van der Waals surface area (Å²) in [6.45, 7) is 4.66. The zero-order valence-corrected chi connectivity index (χ0v) is 10.8. The van der Waals surface area contributed by atoms with Gasteiger partial charge in [0, 0.05) is 18.9 Å². The van der Waals surface area contributed by atoms with E-state index < -0.39 is 5.97 Å². The molecule has 1 atom stereocenters. The standard InChI is InChI=1S/C13H21N3O2/c1-2-12(13(17)18)15-8-4-11(5-9-15)10-16-7-3-6-14-16/h3,6-7,11-12H,2,4-5,8-10H2,1H3,(H,17,18)/t12-/m1/s1. The molecule has 0 aliphatic carbocycles. The largest absolute Gasteiger partial charge is 0.480 e. The van der Waals surface area contributed by atoms with Crippen LogP contribution in [0.4, 0.5) is 0 Å². The topological polar surface area (TPSA) is 58.4 Å². The summed E-state index contributed by atoms with van der Waals surface area (Å²) >= 11 is 0. The van der Waals surface area contributed by atoms with E-state index in [0.29, 0.717) is 12.3 Å². The molecule has 1 saturated heterocycles. The number of aromatic nitrogens is 2. The zero-order chi connectivity index (χ0) is 13.0. The predicted molar refractivity (Wildman–Crippen MR) is 68.2 cm³/mol. The first kappa shape index (κ1) is 13.1. The highest BCUT2D eigenvalue weighted by Crippen LogP contribution is 2.21. The third-order valence-corrected chi connectivity index (χ3v) is 3.77.